The van der Waals surface area contributed by atoms with Gasteiger partial charge in [-0.2, -0.15) is 0 Å². The maximum Gasteiger partial charge on any atom is 0.222 e. The highest BCUT2D eigenvalue weighted by molar-refractivity contribution is 5.76. The van der Waals surface area contributed by atoms with E-state index in [1.165, 1.54) is 24.3 Å². The summed E-state index contributed by atoms with van der Waals surface area (Å²) in [5.74, 6) is -0.102. The van der Waals surface area contributed by atoms with E-state index >= 15 is 0 Å². The van der Waals surface area contributed by atoms with Crippen LogP contribution in [0.5, 0.6) is 0 Å². The van der Waals surface area contributed by atoms with Crippen molar-refractivity contribution in [2.24, 2.45) is 5.92 Å². The number of amides is 1. The minimum atomic E-state index is -1.23. The van der Waals surface area contributed by atoms with Crippen LogP contribution in [-0.4, -0.2) is 30.8 Å². The Labute approximate surface area is 125 Å². The number of hydrogen-bond acceptors (Lipinski definition) is 3. The van der Waals surface area contributed by atoms with Crippen LogP contribution in [-0.2, 0) is 15.1 Å². The van der Waals surface area contributed by atoms with Gasteiger partial charge in [0.1, 0.15) is 11.4 Å². The van der Waals surface area contributed by atoms with E-state index in [9.17, 15) is 14.3 Å². The van der Waals surface area contributed by atoms with Gasteiger partial charge in [-0.1, -0.05) is 26.0 Å². The molecule has 5 heteroatoms. The lowest BCUT2D eigenvalue weighted by atomic mass is 9.96. The molecule has 2 N–H and O–H groups in total. The fourth-order valence-electron chi connectivity index (χ4n) is 1.75. The standard InChI is InChI=1S/C16H24FNO3/c1-12(2)10-21-9-8-15(19)18-11-16(3,20)13-4-6-14(17)7-5-13/h4-7,12,20H,8-11H2,1-3H3,(H,18,19). The Morgan fingerprint density at radius 1 is 1.38 bits per heavy atom. The molecule has 0 aliphatic rings. The molecule has 1 unspecified atom stereocenters. The number of nitrogens with one attached hydrogen (secondary N) is 1. The molecule has 0 saturated heterocycles. The predicted molar refractivity (Wildman–Crippen MR) is 79.3 cm³/mol. The first-order valence-electron chi connectivity index (χ1n) is 7.14. The first-order chi connectivity index (χ1) is 9.81. The third kappa shape index (κ3) is 6.69. The normalized spacial score (nSPS) is 14.0. The average molecular weight is 297 g/mol. The molecule has 4 nitrogen and oxygen atoms in total. The maximum atomic E-state index is 12.9. The smallest absolute Gasteiger partial charge is 0.222 e. The van der Waals surface area contributed by atoms with Gasteiger partial charge in [0.2, 0.25) is 5.91 Å². The van der Waals surface area contributed by atoms with Crippen molar-refractivity contribution in [1.82, 2.24) is 5.32 Å². The van der Waals surface area contributed by atoms with E-state index < -0.39 is 5.60 Å². The van der Waals surface area contributed by atoms with E-state index in [1.54, 1.807) is 6.92 Å². The summed E-state index contributed by atoms with van der Waals surface area (Å²) in [6.45, 7) is 6.72. The molecule has 118 valence electrons. The van der Waals surface area contributed by atoms with Gasteiger partial charge < -0.3 is 15.2 Å². The van der Waals surface area contributed by atoms with Crippen molar-refractivity contribution in [3.63, 3.8) is 0 Å². The first-order valence-corrected chi connectivity index (χ1v) is 7.14. The van der Waals surface area contributed by atoms with Crippen LogP contribution < -0.4 is 5.32 Å². The number of ether oxygens (including phenoxy) is 1. The Morgan fingerprint density at radius 3 is 2.57 bits per heavy atom. The topological polar surface area (TPSA) is 58.6 Å². The Morgan fingerprint density at radius 2 is 2.00 bits per heavy atom. The lowest BCUT2D eigenvalue weighted by molar-refractivity contribution is -0.123. The molecule has 0 fully saturated rings. The lowest BCUT2D eigenvalue weighted by Crippen LogP contribution is -2.38. The molecule has 0 aliphatic carbocycles. The zero-order chi connectivity index (χ0) is 15.9. The molecule has 0 aromatic heterocycles. The minimum absolute atomic E-state index is 0.0711. The molecule has 0 aliphatic heterocycles. The summed E-state index contributed by atoms with van der Waals surface area (Å²) in [5, 5.41) is 13.0. The van der Waals surface area contributed by atoms with Crippen LogP contribution in [0.1, 0.15) is 32.8 Å². The van der Waals surface area contributed by atoms with Gasteiger partial charge >= 0.3 is 0 Å². The monoisotopic (exact) mass is 297 g/mol. The SMILES string of the molecule is CC(C)COCCC(=O)NCC(C)(O)c1ccc(F)cc1. The Balaban J connectivity index is 2.35. The van der Waals surface area contributed by atoms with Crippen LogP contribution in [0.25, 0.3) is 0 Å². The van der Waals surface area contributed by atoms with Gasteiger partial charge in [-0.25, -0.2) is 4.39 Å². The average Bonchev–Trinajstić information content (AvgIpc) is 2.42. The molecule has 0 heterocycles. The fraction of sp³-hybridized carbons (Fsp3) is 0.562. The van der Waals surface area contributed by atoms with Crippen molar-refractivity contribution in [2.75, 3.05) is 19.8 Å². The zero-order valence-electron chi connectivity index (χ0n) is 12.9. The van der Waals surface area contributed by atoms with Gasteiger partial charge in [0.15, 0.2) is 0 Å². The van der Waals surface area contributed by atoms with Crippen LogP contribution in [0.3, 0.4) is 0 Å². The van der Waals surface area contributed by atoms with Crippen LogP contribution in [0.4, 0.5) is 4.39 Å². The molecule has 1 atom stereocenters. The third-order valence-electron chi connectivity index (χ3n) is 3.02. The highest BCUT2D eigenvalue weighted by Gasteiger charge is 2.23. The molecule has 0 saturated carbocycles. The minimum Gasteiger partial charge on any atom is -0.384 e. The Kier molecular flexibility index (Phi) is 6.78. The summed E-state index contributed by atoms with van der Waals surface area (Å²) in [7, 11) is 0. The summed E-state index contributed by atoms with van der Waals surface area (Å²) in [6, 6.07) is 5.58. The number of aliphatic hydroxyl groups is 1. The Hall–Kier alpha value is -1.46. The number of benzene rings is 1. The van der Waals surface area contributed by atoms with Crippen molar-refractivity contribution >= 4 is 5.91 Å². The number of carbonyl (C=O) groups is 1. The van der Waals surface area contributed by atoms with Crippen molar-refractivity contribution in [2.45, 2.75) is 32.8 Å². The van der Waals surface area contributed by atoms with Crippen molar-refractivity contribution in [3.8, 4) is 0 Å². The molecule has 1 aromatic carbocycles. The quantitative estimate of drug-likeness (QED) is 0.723. The second-order valence-electron chi connectivity index (χ2n) is 5.78. The van der Waals surface area contributed by atoms with E-state index in [0.717, 1.165) is 0 Å². The molecular formula is C16H24FNO3. The van der Waals surface area contributed by atoms with Gasteiger partial charge in [0.05, 0.1) is 13.2 Å². The second-order valence-corrected chi connectivity index (χ2v) is 5.78. The lowest BCUT2D eigenvalue weighted by Gasteiger charge is -2.24. The highest BCUT2D eigenvalue weighted by Crippen LogP contribution is 2.19. The number of hydrogen-bond donors (Lipinski definition) is 2. The van der Waals surface area contributed by atoms with Gasteiger partial charge in [-0.3, -0.25) is 4.79 Å². The summed E-state index contributed by atoms with van der Waals surface area (Å²) in [4.78, 5) is 11.7. The molecule has 0 radical (unpaired) electrons. The van der Waals surface area contributed by atoms with Crippen LogP contribution in [0.2, 0.25) is 0 Å². The van der Waals surface area contributed by atoms with Gasteiger partial charge in [0.25, 0.3) is 0 Å². The fourth-order valence-corrected chi connectivity index (χ4v) is 1.75. The van der Waals surface area contributed by atoms with E-state index in [1.807, 2.05) is 13.8 Å². The van der Waals surface area contributed by atoms with Crippen LogP contribution >= 0.6 is 0 Å². The van der Waals surface area contributed by atoms with E-state index in [4.69, 9.17) is 4.74 Å². The first kappa shape index (κ1) is 17.6. The molecule has 0 bridgehead atoms. The van der Waals surface area contributed by atoms with Gasteiger partial charge in [-0.15, -0.1) is 0 Å². The Bertz CT molecular complexity index is 443. The summed E-state index contributed by atoms with van der Waals surface area (Å²) < 4.78 is 18.2. The number of rotatable bonds is 8. The zero-order valence-corrected chi connectivity index (χ0v) is 12.9. The largest absolute Gasteiger partial charge is 0.384 e. The molecule has 21 heavy (non-hydrogen) atoms. The predicted octanol–water partition coefficient (Wildman–Crippen LogP) is 2.21. The van der Waals surface area contributed by atoms with Gasteiger partial charge in [-0.05, 0) is 30.5 Å². The maximum absolute atomic E-state index is 12.9. The molecular weight excluding hydrogens is 273 g/mol. The number of carbonyl (C=O) groups excluding carboxylic acids is 1. The van der Waals surface area contributed by atoms with E-state index in [-0.39, 0.29) is 24.7 Å². The van der Waals surface area contributed by atoms with Crippen molar-refractivity contribution < 1.29 is 19.0 Å². The summed E-state index contributed by atoms with van der Waals surface area (Å²) in [6.07, 6.45) is 0.256. The van der Waals surface area contributed by atoms with Crippen molar-refractivity contribution in [1.29, 1.82) is 0 Å². The van der Waals surface area contributed by atoms with Crippen molar-refractivity contribution in [3.05, 3.63) is 35.6 Å². The van der Waals surface area contributed by atoms with Gasteiger partial charge in [0, 0.05) is 13.0 Å². The van der Waals surface area contributed by atoms with E-state index in [2.05, 4.69) is 5.32 Å². The highest BCUT2D eigenvalue weighted by atomic mass is 19.1. The van der Waals surface area contributed by atoms with E-state index in [0.29, 0.717) is 24.7 Å². The van der Waals surface area contributed by atoms with Crippen LogP contribution in [0.15, 0.2) is 24.3 Å². The molecule has 1 aromatic rings. The second kappa shape index (κ2) is 8.10. The van der Waals surface area contributed by atoms with Crippen LogP contribution in [0, 0.1) is 11.7 Å². The molecule has 1 amide bonds. The summed E-state index contributed by atoms with van der Waals surface area (Å²) >= 11 is 0. The molecule has 1 rings (SSSR count). The third-order valence-corrected chi connectivity index (χ3v) is 3.02. The summed E-state index contributed by atoms with van der Waals surface area (Å²) in [5.41, 5.74) is -0.678. The molecule has 0 spiro atoms. The number of halogens is 1.